The molecule has 0 aliphatic carbocycles. The molecular formula is C30H51FO3. The van der Waals surface area contributed by atoms with Crippen LogP contribution in [0.25, 0.3) is 0 Å². The van der Waals surface area contributed by atoms with Crippen LogP contribution in [0.1, 0.15) is 41.7 Å². The second-order valence-corrected chi connectivity index (χ2v) is 4.86. The van der Waals surface area contributed by atoms with Gasteiger partial charge in [0.05, 0.1) is 12.7 Å². The predicted octanol–water partition coefficient (Wildman–Crippen LogP) is 7.03. The summed E-state index contributed by atoms with van der Waals surface area (Å²) in [6.45, 7) is 0. The Balaban J connectivity index is -0.0000000263. The number of ether oxygens (including phenoxy) is 2. The molecule has 0 spiro atoms. The number of carbonyl (C=O) groups is 1. The molecule has 4 heteroatoms. The summed E-state index contributed by atoms with van der Waals surface area (Å²) in [5.74, 6) is 46.7. The summed E-state index contributed by atoms with van der Waals surface area (Å²) < 4.78 is 23.2. The molecule has 0 saturated carbocycles. The van der Waals surface area contributed by atoms with E-state index in [-0.39, 0.29) is 42.7 Å². The van der Waals surface area contributed by atoms with Crippen LogP contribution in [0.5, 0.6) is 5.75 Å². The van der Waals surface area contributed by atoms with Crippen LogP contribution in [-0.2, 0) is 4.74 Å². The van der Waals surface area contributed by atoms with Crippen molar-refractivity contribution in [3.05, 3.63) is 29.6 Å². The first-order valence-electron chi connectivity index (χ1n) is 8.69. The van der Waals surface area contributed by atoms with E-state index in [2.05, 4.69) is 129 Å². The Morgan fingerprint density at radius 2 is 1.15 bits per heavy atom. The monoisotopic (exact) mass is 478 g/mol. The van der Waals surface area contributed by atoms with Crippen molar-refractivity contribution < 1.29 is 50.0 Å². The lowest BCUT2D eigenvalue weighted by Crippen LogP contribution is -2.02. The maximum Gasteiger partial charge on any atom is 0.337 e. The molecule has 0 unspecified atom stereocenters. The summed E-state index contributed by atoms with van der Waals surface area (Å²) in [6.07, 6.45) is 7.12. The van der Waals surface area contributed by atoms with Crippen molar-refractivity contribution in [1.82, 2.24) is 0 Å². The number of hydrogen-bond donors (Lipinski definition) is 0. The van der Waals surface area contributed by atoms with Crippen molar-refractivity contribution in [3.8, 4) is 137 Å². The summed E-state index contributed by atoms with van der Waals surface area (Å²) in [4.78, 5) is 11.3. The van der Waals surface area contributed by atoms with Gasteiger partial charge in [-0.3, -0.25) is 0 Å². The Labute approximate surface area is 230 Å². The van der Waals surface area contributed by atoms with Gasteiger partial charge in [-0.2, -0.15) is 0 Å². The van der Waals surface area contributed by atoms with E-state index in [9.17, 15) is 9.18 Å². The first-order valence-corrected chi connectivity index (χ1v) is 8.69. The molecular weight excluding hydrogens is 427 g/mol. The van der Waals surface area contributed by atoms with Crippen LogP contribution in [0.15, 0.2) is 18.2 Å². The molecule has 0 amide bonds. The number of terminal acetylenes is 1. The molecule has 0 radical (unpaired) electrons. The van der Waals surface area contributed by atoms with E-state index in [0.29, 0.717) is 0 Å². The molecule has 34 heavy (non-hydrogen) atoms. The number of halogens is 1. The Morgan fingerprint density at radius 3 is 1.53 bits per heavy atom. The molecule has 0 heterocycles. The third-order valence-corrected chi connectivity index (χ3v) is 2.76. The van der Waals surface area contributed by atoms with Gasteiger partial charge in [-0.05, 0) is 65.6 Å². The van der Waals surface area contributed by atoms with Crippen molar-refractivity contribution in [2.24, 2.45) is 0 Å². The SMILES string of the molecule is C#CC#CC#CC#CC#CC#CC#CC#CC#CC#CC#COc1ccc(C(=O)OC)cc1F.[HH].[HH].[HH].[HH].[HH].[HH].[HH].[HH].[HH].[HH].[HH].[HH].[HH].[HH].[HH].[HH].[HH].[HH].[HH].[HH].[HH].[HH]. The average molecular weight is 479 g/mol. The summed E-state index contributed by atoms with van der Waals surface area (Å²) in [5.41, 5.74) is 0.0538. The maximum atomic E-state index is 13.8. The van der Waals surface area contributed by atoms with E-state index in [1.165, 1.54) is 19.2 Å². The van der Waals surface area contributed by atoms with Gasteiger partial charge in [0.2, 0.25) is 0 Å². The number of rotatable bonds is 2. The quantitative estimate of drug-likeness (QED) is 0.338. The van der Waals surface area contributed by atoms with E-state index in [0.717, 1.165) is 6.07 Å². The Kier molecular flexibility index (Phi) is 13.1. The third kappa shape index (κ3) is 12.2. The van der Waals surface area contributed by atoms with E-state index in [4.69, 9.17) is 11.2 Å². The normalized spacial score (nSPS) is 6.03. The third-order valence-electron chi connectivity index (χ3n) is 2.76. The molecule has 0 aromatic heterocycles. The van der Waals surface area contributed by atoms with Gasteiger partial charge in [0.25, 0.3) is 0 Å². The zero-order valence-corrected chi connectivity index (χ0v) is 17.4. The highest BCUT2D eigenvalue weighted by molar-refractivity contribution is 5.89. The minimum atomic E-state index is -0.764. The standard InChI is InChI=1S/C30H7FO3.22H2/c1-3-4-5-6-7-8-9-10-11-12-13-14-15-16-17-18-19-20-21-22-25-34-29-24-23-27(26-28(29)31)30(32)33-2;;;;;;;;;;;;;;;;;;;;;;/h1,23-24,26H,2H3;22*1H. The topological polar surface area (TPSA) is 35.5 Å². The van der Waals surface area contributed by atoms with Crippen molar-refractivity contribution in [3.63, 3.8) is 0 Å². The van der Waals surface area contributed by atoms with Gasteiger partial charge in [0.15, 0.2) is 11.6 Å². The maximum absolute atomic E-state index is 13.8. The smallest absolute Gasteiger partial charge is 0.337 e. The van der Waals surface area contributed by atoms with Crippen LogP contribution >= 0.6 is 0 Å². The fourth-order valence-corrected chi connectivity index (χ4v) is 1.50. The second-order valence-electron chi connectivity index (χ2n) is 4.86. The van der Waals surface area contributed by atoms with Crippen molar-refractivity contribution >= 4 is 5.97 Å². The van der Waals surface area contributed by atoms with Gasteiger partial charge in [0, 0.05) is 102 Å². The van der Waals surface area contributed by atoms with E-state index >= 15 is 0 Å². The van der Waals surface area contributed by atoms with E-state index < -0.39 is 11.8 Å². The molecule has 0 aliphatic heterocycles. The lowest BCUT2D eigenvalue weighted by Gasteiger charge is -2.02. The molecule has 1 aromatic rings. The first-order chi connectivity index (χ1) is 16.7. The van der Waals surface area contributed by atoms with Crippen molar-refractivity contribution in [1.29, 1.82) is 0 Å². The molecule has 196 valence electrons. The highest BCUT2D eigenvalue weighted by Crippen LogP contribution is 2.18. The van der Waals surface area contributed by atoms with Crippen molar-refractivity contribution in [2.45, 2.75) is 0 Å². The minimum Gasteiger partial charge on any atom is -0.465 e. The fraction of sp³-hybridized carbons (Fsp3) is 0.0333. The molecule has 1 rings (SSSR count). The first kappa shape index (κ1) is 25.6. The highest BCUT2D eigenvalue weighted by atomic mass is 19.1. The van der Waals surface area contributed by atoms with Crippen LogP contribution in [0.3, 0.4) is 0 Å². The predicted molar refractivity (Wildman–Crippen MR) is 171 cm³/mol. The van der Waals surface area contributed by atoms with Gasteiger partial charge < -0.3 is 9.47 Å². The summed E-state index contributed by atoms with van der Waals surface area (Å²) in [5, 5.41) is 0. The molecule has 3 nitrogen and oxygen atoms in total. The van der Waals surface area contributed by atoms with Crippen LogP contribution in [0, 0.1) is 137 Å². The molecule has 1 aromatic carbocycles. The lowest BCUT2D eigenvalue weighted by atomic mass is 10.2. The minimum absolute atomic E-state index is 0. The van der Waals surface area contributed by atoms with Crippen LogP contribution in [0.4, 0.5) is 4.39 Å². The van der Waals surface area contributed by atoms with Gasteiger partial charge in [-0.1, -0.05) is 0 Å². The summed E-state index contributed by atoms with van der Waals surface area (Å²) in [6, 6.07) is 3.58. The second kappa shape index (κ2) is 17.4. The Morgan fingerprint density at radius 1 is 0.735 bits per heavy atom. The summed E-state index contributed by atoms with van der Waals surface area (Å²) in [7, 11) is 1.20. The van der Waals surface area contributed by atoms with Gasteiger partial charge in [-0.15, -0.1) is 6.42 Å². The number of esters is 1. The Hall–Kier alpha value is -6.42. The number of benzene rings is 1. The summed E-state index contributed by atoms with van der Waals surface area (Å²) >= 11 is 0. The van der Waals surface area contributed by atoms with Gasteiger partial charge in [0.1, 0.15) is 6.11 Å². The Bertz CT molecular complexity index is 1710. The van der Waals surface area contributed by atoms with Crippen LogP contribution < -0.4 is 4.74 Å². The van der Waals surface area contributed by atoms with E-state index in [1.807, 2.05) is 0 Å². The zero-order chi connectivity index (χ0) is 24.7. The molecule has 0 bridgehead atoms. The molecule has 0 aliphatic rings. The van der Waals surface area contributed by atoms with Crippen LogP contribution in [0.2, 0.25) is 0 Å². The number of carbonyl (C=O) groups excluding carboxylic acids is 1. The molecule has 0 saturated heterocycles. The molecule has 0 fully saturated rings. The highest BCUT2D eigenvalue weighted by Gasteiger charge is 2.10. The molecule has 0 atom stereocenters. The average Bonchev–Trinajstić information content (AvgIpc) is 2.85. The largest absolute Gasteiger partial charge is 0.465 e. The van der Waals surface area contributed by atoms with Crippen molar-refractivity contribution in [2.75, 3.05) is 7.11 Å². The fourth-order valence-electron chi connectivity index (χ4n) is 1.50. The van der Waals surface area contributed by atoms with Crippen LogP contribution in [-0.4, -0.2) is 13.1 Å². The molecule has 0 N–H and O–H groups in total. The van der Waals surface area contributed by atoms with E-state index in [1.54, 1.807) is 0 Å². The number of hydrogen-bond acceptors (Lipinski definition) is 3. The van der Waals surface area contributed by atoms with Gasteiger partial charge in [-0.25, -0.2) is 9.18 Å². The lowest BCUT2D eigenvalue weighted by molar-refractivity contribution is 0.0600. The number of methoxy groups -OCH3 is 1. The van der Waals surface area contributed by atoms with Gasteiger partial charge >= 0.3 is 5.97 Å². The zero-order valence-electron chi connectivity index (χ0n) is 17.4.